The molecular formula is C15H12ClF2NO3S. The minimum atomic E-state index is -3.73. The van der Waals surface area contributed by atoms with Crippen LogP contribution in [0.1, 0.15) is 6.42 Å². The summed E-state index contributed by atoms with van der Waals surface area (Å²) in [6.07, 6.45) is -0.369. The third kappa shape index (κ3) is 4.49. The highest BCUT2D eigenvalue weighted by Crippen LogP contribution is 2.22. The van der Waals surface area contributed by atoms with Crippen LogP contribution in [0.15, 0.2) is 47.4 Å². The Balaban J connectivity index is 2.01. The SMILES string of the molecule is O=C(CCS(=O)(=O)c1ccc(F)cc1)Nc1cccc(Cl)c1F. The van der Waals surface area contributed by atoms with Gasteiger partial charge >= 0.3 is 0 Å². The van der Waals surface area contributed by atoms with E-state index in [0.717, 1.165) is 24.3 Å². The van der Waals surface area contributed by atoms with Crippen molar-refractivity contribution in [2.24, 2.45) is 0 Å². The lowest BCUT2D eigenvalue weighted by Gasteiger charge is -2.08. The Morgan fingerprint density at radius 3 is 2.39 bits per heavy atom. The molecule has 1 N–H and O–H groups in total. The van der Waals surface area contributed by atoms with E-state index in [0.29, 0.717) is 0 Å². The predicted molar refractivity (Wildman–Crippen MR) is 83.1 cm³/mol. The van der Waals surface area contributed by atoms with Crippen LogP contribution in [0.5, 0.6) is 0 Å². The molecule has 0 heterocycles. The predicted octanol–water partition coefficient (Wildman–Crippen LogP) is 3.42. The van der Waals surface area contributed by atoms with E-state index in [1.807, 2.05) is 0 Å². The van der Waals surface area contributed by atoms with E-state index in [4.69, 9.17) is 11.6 Å². The summed E-state index contributed by atoms with van der Waals surface area (Å²) in [5, 5.41) is 2.11. The van der Waals surface area contributed by atoms with E-state index in [2.05, 4.69) is 5.32 Å². The summed E-state index contributed by atoms with van der Waals surface area (Å²) >= 11 is 5.59. The number of carbonyl (C=O) groups excluding carboxylic acids is 1. The Bertz CT molecular complexity index is 823. The van der Waals surface area contributed by atoms with Crippen molar-refractivity contribution in [2.45, 2.75) is 11.3 Å². The van der Waals surface area contributed by atoms with Gasteiger partial charge in [-0.3, -0.25) is 4.79 Å². The van der Waals surface area contributed by atoms with Gasteiger partial charge in [-0.2, -0.15) is 0 Å². The van der Waals surface area contributed by atoms with E-state index in [1.165, 1.54) is 18.2 Å². The molecule has 0 spiro atoms. The number of nitrogens with one attached hydrogen (secondary N) is 1. The van der Waals surface area contributed by atoms with Gasteiger partial charge in [0.1, 0.15) is 5.82 Å². The monoisotopic (exact) mass is 359 g/mol. The van der Waals surface area contributed by atoms with Gasteiger partial charge in [0.15, 0.2) is 15.7 Å². The third-order valence-corrected chi connectivity index (χ3v) is 5.02. The van der Waals surface area contributed by atoms with Crippen molar-refractivity contribution in [3.63, 3.8) is 0 Å². The summed E-state index contributed by atoms with van der Waals surface area (Å²) in [7, 11) is -3.73. The van der Waals surface area contributed by atoms with Crippen molar-refractivity contribution >= 4 is 33.0 Å². The zero-order chi connectivity index (χ0) is 17.0. The topological polar surface area (TPSA) is 63.2 Å². The van der Waals surface area contributed by atoms with Crippen LogP contribution in [0.3, 0.4) is 0 Å². The Labute approximate surface area is 137 Å². The first-order valence-electron chi connectivity index (χ1n) is 6.52. The average Bonchev–Trinajstić information content (AvgIpc) is 2.50. The minimum absolute atomic E-state index is 0.0827. The largest absolute Gasteiger partial charge is 0.324 e. The normalized spacial score (nSPS) is 11.3. The van der Waals surface area contributed by atoms with Crippen LogP contribution in [-0.2, 0) is 14.6 Å². The zero-order valence-corrected chi connectivity index (χ0v) is 13.3. The first-order chi connectivity index (χ1) is 10.8. The molecule has 2 aromatic carbocycles. The van der Waals surface area contributed by atoms with Gasteiger partial charge in [0, 0.05) is 6.42 Å². The standard InChI is InChI=1S/C15H12ClF2NO3S/c16-12-2-1-3-13(15(12)18)19-14(20)8-9-23(21,22)11-6-4-10(17)5-7-11/h1-7H,8-9H2,(H,19,20). The second-order valence-electron chi connectivity index (χ2n) is 4.67. The van der Waals surface area contributed by atoms with Crippen molar-refractivity contribution in [1.82, 2.24) is 0 Å². The summed E-state index contributed by atoms with van der Waals surface area (Å²) in [4.78, 5) is 11.7. The van der Waals surface area contributed by atoms with Crippen LogP contribution in [0.2, 0.25) is 5.02 Å². The number of benzene rings is 2. The molecule has 0 fully saturated rings. The van der Waals surface area contributed by atoms with Gasteiger partial charge in [-0.1, -0.05) is 17.7 Å². The Morgan fingerprint density at radius 1 is 1.09 bits per heavy atom. The molecule has 0 unspecified atom stereocenters. The molecule has 0 aliphatic heterocycles. The summed E-state index contributed by atoms with van der Waals surface area (Å²) in [5.74, 6) is -2.49. The number of halogens is 3. The number of amides is 1. The number of carbonyl (C=O) groups is 1. The van der Waals surface area contributed by atoms with Crippen molar-refractivity contribution < 1.29 is 22.0 Å². The molecule has 8 heteroatoms. The first kappa shape index (κ1) is 17.4. The number of anilines is 1. The molecule has 0 radical (unpaired) electrons. The van der Waals surface area contributed by atoms with Gasteiger partial charge in [0.05, 0.1) is 21.4 Å². The zero-order valence-electron chi connectivity index (χ0n) is 11.7. The molecule has 0 aliphatic rings. The summed E-state index contributed by atoms with van der Waals surface area (Å²) < 4.78 is 50.5. The van der Waals surface area contributed by atoms with E-state index in [-0.39, 0.29) is 22.0 Å². The maximum atomic E-state index is 13.6. The molecule has 0 aromatic heterocycles. The Morgan fingerprint density at radius 2 is 1.74 bits per heavy atom. The van der Waals surface area contributed by atoms with Gasteiger partial charge in [-0.15, -0.1) is 0 Å². The molecule has 4 nitrogen and oxygen atoms in total. The molecule has 23 heavy (non-hydrogen) atoms. The Kier molecular flexibility index (Phi) is 5.33. The maximum Gasteiger partial charge on any atom is 0.225 e. The van der Waals surface area contributed by atoms with Crippen molar-refractivity contribution in [3.05, 3.63) is 59.1 Å². The van der Waals surface area contributed by atoms with Gasteiger partial charge < -0.3 is 5.32 Å². The lowest BCUT2D eigenvalue weighted by atomic mass is 10.3. The van der Waals surface area contributed by atoms with Crippen molar-refractivity contribution in [3.8, 4) is 0 Å². The summed E-state index contributed by atoms with van der Waals surface area (Å²) in [6, 6.07) is 8.39. The van der Waals surface area contributed by atoms with Crippen LogP contribution in [0.4, 0.5) is 14.5 Å². The molecule has 2 rings (SSSR count). The highest BCUT2D eigenvalue weighted by molar-refractivity contribution is 7.91. The highest BCUT2D eigenvalue weighted by Gasteiger charge is 2.17. The molecular weight excluding hydrogens is 348 g/mol. The number of rotatable bonds is 5. The lowest BCUT2D eigenvalue weighted by molar-refractivity contribution is -0.115. The summed E-state index contributed by atoms with van der Waals surface area (Å²) in [5.41, 5.74) is -0.123. The molecule has 0 aliphatic carbocycles. The fourth-order valence-electron chi connectivity index (χ4n) is 1.80. The second-order valence-corrected chi connectivity index (χ2v) is 7.19. The van der Waals surface area contributed by atoms with Gasteiger partial charge in [0.2, 0.25) is 5.91 Å². The molecule has 0 saturated heterocycles. The number of hydrogen-bond acceptors (Lipinski definition) is 3. The second kappa shape index (κ2) is 7.06. The fourth-order valence-corrected chi connectivity index (χ4v) is 3.22. The molecule has 122 valence electrons. The number of sulfone groups is 1. The van der Waals surface area contributed by atoms with Crippen LogP contribution in [-0.4, -0.2) is 20.1 Å². The summed E-state index contributed by atoms with van der Waals surface area (Å²) in [6.45, 7) is 0. The quantitative estimate of drug-likeness (QED) is 0.832. The average molecular weight is 360 g/mol. The van der Waals surface area contributed by atoms with E-state index in [9.17, 15) is 22.0 Å². The van der Waals surface area contributed by atoms with Gasteiger partial charge in [-0.25, -0.2) is 17.2 Å². The van der Waals surface area contributed by atoms with Crippen LogP contribution >= 0.6 is 11.6 Å². The Hall–Kier alpha value is -1.99. The first-order valence-corrected chi connectivity index (χ1v) is 8.55. The molecule has 0 saturated carbocycles. The van der Waals surface area contributed by atoms with E-state index < -0.39 is 33.1 Å². The maximum absolute atomic E-state index is 13.6. The van der Waals surface area contributed by atoms with Crippen LogP contribution in [0.25, 0.3) is 0 Å². The lowest BCUT2D eigenvalue weighted by Crippen LogP contribution is -2.18. The van der Waals surface area contributed by atoms with E-state index >= 15 is 0 Å². The third-order valence-electron chi connectivity index (χ3n) is 3.00. The molecule has 0 bridgehead atoms. The van der Waals surface area contributed by atoms with E-state index in [1.54, 1.807) is 0 Å². The highest BCUT2D eigenvalue weighted by atomic mass is 35.5. The van der Waals surface area contributed by atoms with Gasteiger partial charge in [0.25, 0.3) is 0 Å². The fraction of sp³-hybridized carbons (Fsp3) is 0.133. The number of hydrogen-bond donors (Lipinski definition) is 1. The van der Waals surface area contributed by atoms with Crippen molar-refractivity contribution in [2.75, 3.05) is 11.1 Å². The molecule has 2 aromatic rings. The van der Waals surface area contributed by atoms with Crippen molar-refractivity contribution in [1.29, 1.82) is 0 Å². The smallest absolute Gasteiger partial charge is 0.225 e. The molecule has 0 atom stereocenters. The van der Waals surface area contributed by atoms with Crippen LogP contribution < -0.4 is 5.32 Å². The molecule has 1 amide bonds. The minimum Gasteiger partial charge on any atom is -0.324 e. The van der Waals surface area contributed by atoms with Gasteiger partial charge in [-0.05, 0) is 36.4 Å². The van der Waals surface area contributed by atoms with Crippen LogP contribution in [0, 0.1) is 11.6 Å².